The van der Waals surface area contributed by atoms with Crippen LogP contribution >= 0.6 is 23.2 Å². The zero-order chi connectivity index (χ0) is 17.1. The van der Waals surface area contributed by atoms with Gasteiger partial charge in [0.1, 0.15) is 0 Å². The first-order chi connectivity index (χ1) is 10.8. The number of carbonyl (C=O) groups excluding carboxylic acids is 1. The van der Waals surface area contributed by atoms with E-state index in [0.717, 1.165) is 19.2 Å². The van der Waals surface area contributed by atoms with Crippen molar-refractivity contribution in [3.05, 3.63) is 61.9 Å². The third kappa shape index (κ3) is 3.69. The molecule has 0 heterocycles. The molecule has 2 rings (SSSR count). The summed E-state index contributed by atoms with van der Waals surface area (Å²) in [6, 6.07) is 6.09. The van der Waals surface area contributed by atoms with E-state index >= 15 is 0 Å². The highest BCUT2D eigenvalue weighted by atomic mass is 35.5. The number of anilines is 2. The fourth-order valence-corrected chi connectivity index (χ4v) is 2.28. The predicted octanol–water partition coefficient (Wildman–Crippen LogP) is 4.57. The van der Waals surface area contributed by atoms with Crippen LogP contribution in [-0.4, -0.2) is 18.0 Å². The summed E-state index contributed by atoms with van der Waals surface area (Å²) in [6.07, 6.45) is 0. The van der Waals surface area contributed by atoms with Crippen LogP contribution in [0.15, 0.2) is 30.3 Å². The average Bonchev–Trinajstić information content (AvgIpc) is 2.50. The quantitative estimate of drug-likeness (QED) is 0.491. The van der Waals surface area contributed by atoms with Gasteiger partial charge in [-0.05, 0) is 24.3 Å². The molecular weight excluding hydrogens is 350 g/mol. The van der Waals surface area contributed by atoms with Crippen LogP contribution in [0, 0.1) is 15.9 Å². The standard InChI is InChI=1S/C14H9Cl2FN2O4/c1-23-14(20)7-4-10(17)13(12(5-7)19(21)22)18-11-3-2-8(15)6-9(11)16/h2-6,18H,1H3. The van der Waals surface area contributed by atoms with Crippen molar-refractivity contribution in [2.75, 3.05) is 12.4 Å². The monoisotopic (exact) mass is 358 g/mol. The van der Waals surface area contributed by atoms with Gasteiger partial charge in [0.05, 0.1) is 28.3 Å². The van der Waals surface area contributed by atoms with Gasteiger partial charge in [-0.1, -0.05) is 23.2 Å². The molecule has 0 aliphatic rings. The molecule has 2 aromatic rings. The lowest BCUT2D eigenvalue weighted by molar-refractivity contribution is -0.384. The minimum absolute atomic E-state index is 0.156. The molecule has 1 N–H and O–H groups in total. The SMILES string of the molecule is COC(=O)c1cc(F)c(Nc2ccc(Cl)cc2Cl)c([N+](=O)[O-])c1. The maximum atomic E-state index is 14.2. The van der Waals surface area contributed by atoms with Gasteiger partial charge in [0.15, 0.2) is 11.5 Å². The van der Waals surface area contributed by atoms with Gasteiger partial charge in [-0.25, -0.2) is 9.18 Å². The molecule has 6 nitrogen and oxygen atoms in total. The van der Waals surface area contributed by atoms with E-state index in [2.05, 4.69) is 10.1 Å². The number of methoxy groups -OCH3 is 1. The number of hydrogen-bond donors (Lipinski definition) is 1. The first-order valence-electron chi connectivity index (χ1n) is 6.11. The summed E-state index contributed by atoms with van der Waals surface area (Å²) in [5.74, 6) is -1.88. The van der Waals surface area contributed by atoms with Gasteiger partial charge in [0, 0.05) is 11.1 Å². The second kappa shape index (κ2) is 6.80. The Balaban J connectivity index is 2.53. The molecular formula is C14H9Cl2FN2O4. The number of esters is 1. The lowest BCUT2D eigenvalue weighted by Gasteiger charge is -2.11. The van der Waals surface area contributed by atoms with E-state index in [1.54, 1.807) is 0 Å². The van der Waals surface area contributed by atoms with E-state index in [1.807, 2.05) is 0 Å². The molecule has 0 unspecified atom stereocenters. The fourth-order valence-electron chi connectivity index (χ4n) is 1.82. The average molecular weight is 359 g/mol. The number of nitrogens with zero attached hydrogens (tertiary/aromatic N) is 1. The van der Waals surface area contributed by atoms with Gasteiger partial charge in [0.25, 0.3) is 5.69 Å². The van der Waals surface area contributed by atoms with E-state index in [0.29, 0.717) is 5.02 Å². The highest BCUT2D eigenvalue weighted by Gasteiger charge is 2.23. The highest BCUT2D eigenvalue weighted by molar-refractivity contribution is 6.36. The fraction of sp³-hybridized carbons (Fsp3) is 0.0714. The van der Waals surface area contributed by atoms with Gasteiger partial charge < -0.3 is 10.1 Å². The second-order valence-corrected chi connectivity index (χ2v) is 5.19. The van der Waals surface area contributed by atoms with E-state index in [9.17, 15) is 19.3 Å². The van der Waals surface area contributed by atoms with Gasteiger partial charge in [-0.15, -0.1) is 0 Å². The van der Waals surface area contributed by atoms with Crippen molar-refractivity contribution in [2.45, 2.75) is 0 Å². The van der Waals surface area contributed by atoms with E-state index in [1.165, 1.54) is 18.2 Å². The normalized spacial score (nSPS) is 10.3. The molecule has 0 amide bonds. The molecule has 0 atom stereocenters. The van der Waals surface area contributed by atoms with Crippen LogP contribution in [0.2, 0.25) is 10.0 Å². The topological polar surface area (TPSA) is 81.5 Å². The Morgan fingerprint density at radius 2 is 2.00 bits per heavy atom. The Labute approximate surface area is 139 Å². The number of benzene rings is 2. The Bertz CT molecular complexity index is 799. The Morgan fingerprint density at radius 3 is 2.57 bits per heavy atom. The highest BCUT2D eigenvalue weighted by Crippen LogP contribution is 2.35. The van der Waals surface area contributed by atoms with Crippen LogP contribution in [0.3, 0.4) is 0 Å². The largest absolute Gasteiger partial charge is 0.465 e. The number of nitro benzene ring substituents is 1. The maximum Gasteiger partial charge on any atom is 0.338 e. The van der Waals surface area contributed by atoms with Crippen LogP contribution in [0.1, 0.15) is 10.4 Å². The van der Waals surface area contributed by atoms with Crippen molar-refractivity contribution < 1.29 is 18.8 Å². The Morgan fingerprint density at radius 1 is 1.30 bits per heavy atom. The van der Waals surface area contributed by atoms with E-state index in [-0.39, 0.29) is 16.3 Å². The number of ether oxygens (including phenoxy) is 1. The first kappa shape index (κ1) is 17.0. The van der Waals surface area contributed by atoms with E-state index in [4.69, 9.17) is 23.2 Å². The lowest BCUT2D eigenvalue weighted by Crippen LogP contribution is -2.06. The number of rotatable bonds is 4. The Hall–Kier alpha value is -2.38. The molecule has 0 aliphatic carbocycles. The summed E-state index contributed by atoms with van der Waals surface area (Å²) in [5, 5.41) is 14.2. The smallest absolute Gasteiger partial charge is 0.338 e. The van der Waals surface area contributed by atoms with Crippen LogP contribution in [0.4, 0.5) is 21.5 Å². The van der Waals surface area contributed by atoms with E-state index < -0.39 is 28.1 Å². The van der Waals surface area contributed by atoms with Crippen molar-refractivity contribution in [2.24, 2.45) is 0 Å². The summed E-state index contributed by atoms with van der Waals surface area (Å²) in [5.41, 5.74) is -1.10. The lowest BCUT2D eigenvalue weighted by atomic mass is 10.1. The third-order valence-electron chi connectivity index (χ3n) is 2.88. The molecule has 0 spiro atoms. The molecule has 23 heavy (non-hydrogen) atoms. The summed E-state index contributed by atoms with van der Waals surface area (Å²) < 4.78 is 18.7. The number of nitrogens with one attached hydrogen (secondary N) is 1. The zero-order valence-corrected chi connectivity index (χ0v) is 13.1. The Kier molecular flexibility index (Phi) is 5.02. The molecule has 0 radical (unpaired) electrons. The minimum atomic E-state index is -0.995. The molecule has 0 fully saturated rings. The van der Waals surface area contributed by atoms with Crippen LogP contribution in [0.5, 0.6) is 0 Å². The minimum Gasteiger partial charge on any atom is -0.465 e. The summed E-state index contributed by atoms with van der Waals surface area (Å²) in [6.45, 7) is 0. The molecule has 120 valence electrons. The second-order valence-electron chi connectivity index (χ2n) is 4.35. The molecule has 2 aromatic carbocycles. The molecule has 0 saturated heterocycles. The number of carbonyl (C=O) groups is 1. The summed E-state index contributed by atoms with van der Waals surface area (Å²) in [4.78, 5) is 21.8. The molecule has 0 aromatic heterocycles. The van der Waals surface area contributed by atoms with Crippen molar-refractivity contribution in [3.8, 4) is 0 Å². The molecule has 9 heteroatoms. The van der Waals surface area contributed by atoms with Gasteiger partial charge in [-0.3, -0.25) is 10.1 Å². The third-order valence-corrected chi connectivity index (χ3v) is 3.43. The van der Waals surface area contributed by atoms with Crippen LogP contribution in [-0.2, 0) is 4.74 Å². The summed E-state index contributed by atoms with van der Waals surface area (Å²) >= 11 is 11.7. The molecule has 0 aliphatic heterocycles. The predicted molar refractivity (Wildman–Crippen MR) is 84.1 cm³/mol. The van der Waals surface area contributed by atoms with Crippen molar-refractivity contribution in [3.63, 3.8) is 0 Å². The molecule has 0 saturated carbocycles. The van der Waals surface area contributed by atoms with Gasteiger partial charge >= 0.3 is 5.97 Å². The number of nitro groups is 1. The van der Waals surface area contributed by atoms with Crippen molar-refractivity contribution >= 4 is 46.2 Å². The van der Waals surface area contributed by atoms with Gasteiger partial charge in [-0.2, -0.15) is 0 Å². The van der Waals surface area contributed by atoms with Crippen molar-refractivity contribution in [1.29, 1.82) is 0 Å². The molecule has 0 bridgehead atoms. The number of hydrogen-bond acceptors (Lipinski definition) is 5. The summed E-state index contributed by atoms with van der Waals surface area (Å²) in [7, 11) is 1.09. The van der Waals surface area contributed by atoms with Crippen molar-refractivity contribution in [1.82, 2.24) is 0 Å². The zero-order valence-electron chi connectivity index (χ0n) is 11.6. The van der Waals surface area contributed by atoms with Gasteiger partial charge in [0.2, 0.25) is 0 Å². The van der Waals surface area contributed by atoms with Crippen LogP contribution < -0.4 is 5.32 Å². The first-order valence-corrected chi connectivity index (χ1v) is 6.87. The number of halogens is 3. The van der Waals surface area contributed by atoms with Crippen LogP contribution in [0.25, 0.3) is 0 Å². The maximum absolute atomic E-state index is 14.2.